The molecule has 0 saturated heterocycles. The van der Waals surface area contributed by atoms with Crippen LogP contribution in [0.5, 0.6) is 0 Å². The maximum atomic E-state index is 5.87. The molecule has 3 heteroatoms. The number of aromatic nitrogens is 1. The van der Waals surface area contributed by atoms with Gasteiger partial charge in [-0.05, 0) is 56.1 Å². The molecule has 1 aliphatic carbocycles. The molecule has 2 rings (SSSR count). The quantitative estimate of drug-likeness (QED) is 0.804. The fourth-order valence-electron chi connectivity index (χ4n) is 2.82. The average Bonchev–Trinajstić information content (AvgIpc) is 2.33. The fraction of sp³-hybridized carbons (Fsp3) is 0.667. The van der Waals surface area contributed by atoms with E-state index in [9.17, 15) is 0 Å². The molecule has 1 fully saturated rings. The Kier molecular flexibility index (Phi) is 4.50. The summed E-state index contributed by atoms with van der Waals surface area (Å²) >= 11 is 5.87. The van der Waals surface area contributed by atoms with Crippen molar-refractivity contribution in [3.63, 3.8) is 0 Å². The van der Waals surface area contributed by atoms with Crippen LogP contribution in [0.2, 0.25) is 5.15 Å². The van der Waals surface area contributed by atoms with E-state index in [1.54, 1.807) is 0 Å². The van der Waals surface area contributed by atoms with Gasteiger partial charge in [0.2, 0.25) is 0 Å². The number of rotatable bonds is 3. The van der Waals surface area contributed by atoms with Crippen molar-refractivity contribution in [2.75, 3.05) is 5.32 Å². The van der Waals surface area contributed by atoms with E-state index < -0.39 is 0 Å². The number of nitrogens with one attached hydrogen (secondary N) is 1. The zero-order chi connectivity index (χ0) is 13.1. The highest BCUT2D eigenvalue weighted by molar-refractivity contribution is 6.29. The third kappa shape index (κ3) is 3.38. The summed E-state index contributed by atoms with van der Waals surface area (Å²) in [6.45, 7) is 6.76. The molecule has 0 aliphatic heterocycles. The molecule has 18 heavy (non-hydrogen) atoms. The van der Waals surface area contributed by atoms with Gasteiger partial charge in [-0.1, -0.05) is 25.4 Å². The van der Waals surface area contributed by atoms with Crippen molar-refractivity contribution < 1.29 is 0 Å². The van der Waals surface area contributed by atoms with Crippen LogP contribution in [0.3, 0.4) is 0 Å². The van der Waals surface area contributed by atoms with Crippen LogP contribution in [0, 0.1) is 18.8 Å². The van der Waals surface area contributed by atoms with Gasteiger partial charge < -0.3 is 5.32 Å². The van der Waals surface area contributed by atoms with E-state index in [1.807, 2.05) is 12.3 Å². The van der Waals surface area contributed by atoms with Crippen LogP contribution in [0.1, 0.15) is 45.1 Å². The molecule has 1 aromatic heterocycles. The second-order valence-electron chi connectivity index (χ2n) is 5.82. The Morgan fingerprint density at radius 3 is 2.50 bits per heavy atom. The normalized spacial score (nSPS) is 24.3. The minimum absolute atomic E-state index is 0.571. The Morgan fingerprint density at radius 2 is 1.94 bits per heavy atom. The van der Waals surface area contributed by atoms with Gasteiger partial charge >= 0.3 is 0 Å². The number of pyridine rings is 1. The summed E-state index contributed by atoms with van der Waals surface area (Å²) in [7, 11) is 0. The first-order valence-electron chi connectivity index (χ1n) is 6.95. The molecule has 0 radical (unpaired) electrons. The zero-order valence-corrected chi connectivity index (χ0v) is 12.3. The first kappa shape index (κ1) is 13.7. The molecule has 0 amide bonds. The highest BCUT2D eigenvalue weighted by atomic mass is 35.5. The number of nitrogens with zero attached hydrogens (tertiary/aromatic N) is 1. The number of hydrogen-bond donors (Lipinski definition) is 1. The van der Waals surface area contributed by atoms with Crippen LogP contribution >= 0.6 is 11.6 Å². The molecule has 0 spiro atoms. The average molecular weight is 267 g/mol. The minimum atomic E-state index is 0.571. The summed E-state index contributed by atoms with van der Waals surface area (Å²) in [5.41, 5.74) is 2.31. The lowest BCUT2D eigenvalue weighted by molar-refractivity contribution is 0.267. The molecule has 1 heterocycles. The van der Waals surface area contributed by atoms with E-state index in [2.05, 4.69) is 31.1 Å². The molecule has 1 aromatic rings. The van der Waals surface area contributed by atoms with E-state index in [-0.39, 0.29) is 0 Å². The zero-order valence-electron chi connectivity index (χ0n) is 11.5. The van der Waals surface area contributed by atoms with Gasteiger partial charge in [0, 0.05) is 6.04 Å². The molecule has 0 atom stereocenters. The van der Waals surface area contributed by atoms with Gasteiger partial charge in [0.15, 0.2) is 0 Å². The number of hydrogen-bond acceptors (Lipinski definition) is 2. The number of halogens is 1. The van der Waals surface area contributed by atoms with Gasteiger partial charge in [-0.15, -0.1) is 0 Å². The predicted octanol–water partition coefficient (Wildman–Crippen LogP) is 4.67. The lowest BCUT2D eigenvalue weighted by Gasteiger charge is -2.32. The number of aryl methyl sites for hydroxylation is 1. The largest absolute Gasteiger partial charge is 0.381 e. The lowest BCUT2D eigenvalue weighted by atomic mass is 9.79. The first-order chi connectivity index (χ1) is 8.56. The molecule has 1 aliphatic rings. The van der Waals surface area contributed by atoms with Crippen molar-refractivity contribution in [2.45, 2.75) is 52.5 Å². The highest BCUT2D eigenvalue weighted by Gasteiger charge is 2.23. The Bertz CT molecular complexity index is 395. The van der Waals surface area contributed by atoms with Crippen molar-refractivity contribution in [1.82, 2.24) is 4.98 Å². The van der Waals surface area contributed by atoms with Gasteiger partial charge in [-0.2, -0.15) is 0 Å². The van der Waals surface area contributed by atoms with E-state index >= 15 is 0 Å². The second-order valence-corrected chi connectivity index (χ2v) is 6.21. The van der Waals surface area contributed by atoms with E-state index in [0.29, 0.717) is 11.2 Å². The number of anilines is 1. The second kappa shape index (κ2) is 5.92. The standard InChI is InChI=1S/C15H23ClN2/c1-10(2)12-4-6-13(7-5-12)18-14-9-17-15(16)8-11(14)3/h8-10,12-13,18H,4-7H2,1-3H3. The van der Waals surface area contributed by atoms with Crippen LogP contribution in [0.15, 0.2) is 12.3 Å². The summed E-state index contributed by atoms with van der Waals surface area (Å²) in [5.74, 6) is 1.73. The third-order valence-corrected chi connectivity index (χ3v) is 4.36. The predicted molar refractivity (Wildman–Crippen MR) is 78.2 cm³/mol. The van der Waals surface area contributed by atoms with Crippen LogP contribution in [0.4, 0.5) is 5.69 Å². The summed E-state index contributed by atoms with van der Waals surface area (Å²) < 4.78 is 0. The molecule has 1 saturated carbocycles. The Balaban J connectivity index is 1.91. The van der Waals surface area contributed by atoms with E-state index in [1.165, 1.54) is 31.2 Å². The molecule has 100 valence electrons. The van der Waals surface area contributed by atoms with Crippen LogP contribution in [-0.4, -0.2) is 11.0 Å². The lowest BCUT2D eigenvalue weighted by Crippen LogP contribution is -2.28. The van der Waals surface area contributed by atoms with Gasteiger partial charge in [-0.3, -0.25) is 0 Å². The fourth-order valence-corrected chi connectivity index (χ4v) is 3.04. The molecule has 1 N–H and O–H groups in total. The van der Waals surface area contributed by atoms with Crippen molar-refractivity contribution in [3.05, 3.63) is 23.0 Å². The monoisotopic (exact) mass is 266 g/mol. The van der Waals surface area contributed by atoms with Crippen molar-refractivity contribution in [2.24, 2.45) is 11.8 Å². The SMILES string of the molecule is Cc1cc(Cl)ncc1NC1CCC(C(C)C)CC1. The smallest absolute Gasteiger partial charge is 0.129 e. The Labute approximate surface area is 115 Å². The molecular formula is C15H23ClN2. The van der Waals surface area contributed by atoms with Crippen LogP contribution < -0.4 is 5.32 Å². The van der Waals surface area contributed by atoms with Gasteiger partial charge in [0.25, 0.3) is 0 Å². The Morgan fingerprint density at radius 1 is 1.28 bits per heavy atom. The third-order valence-electron chi connectivity index (χ3n) is 4.15. The van der Waals surface area contributed by atoms with Crippen molar-refractivity contribution >= 4 is 17.3 Å². The molecule has 0 bridgehead atoms. The summed E-state index contributed by atoms with van der Waals surface area (Å²) in [5, 5.41) is 4.19. The molecule has 0 aromatic carbocycles. The molecule has 2 nitrogen and oxygen atoms in total. The van der Waals surface area contributed by atoms with Gasteiger partial charge in [0.05, 0.1) is 11.9 Å². The summed E-state index contributed by atoms with van der Waals surface area (Å²) in [4.78, 5) is 4.15. The van der Waals surface area contributed by atoms with Crippen molar-refractivity contribution in [3.8, 4) is 0 Å². The van der Waals surface area contributed by atoms with Crippen LogP contribution in [0.25, 0.3) is 0 Å². The summed E-state index contributed by atoms with van der Waals surface area (Å²) in [6.07, 6.45) is 7.08. The minimum Gasteiger partial charge on any atom is -0.381 e. The maximum absolute atomic E-state index is 5.87. The van der Waals surface area contributed by atoms with Gasteiger partial charge in [-0.25, -0.2) is 4.98 Å². The Hall–Kier alpha value is -0.760. The van der Waals surface area contributed by atoms with E-state index in [0.717, 1.165) is 17.5 Å². The van der Waals surface area contributed by atoms with E-state index in [4.69, 9.17) is 11.6 Å². The van der Waals surface area contributed by atoms with Crippen molar-refractivity contribution in [1.29, 1.82) is 0 Å². The first-order valence-corrected chi connectivity index (χ1v) is 7.32. The summed E-state index contributed by atoms with van der Waals surface area (Å²) in [6, 6.07) is 2.52. The molecule has 0 unspecified atom stereocenters. The topological polar surface area (TPSA) is 24.9 Å². The van der Waals surface area contributed by atoms with Crippen LogP contribution in [-0.2, 0) is 0 Å². The van der Waals surface area contributed by atoms with Gasteiger partial charge in [0.1, 0.15) is 5.15 Å². The molecular weight excluding hydrogens is 244 g/mol. The maximum Gasteiger partial charge on any atom is 0.129 e. The highest BCUT2D eigenvalue weighted by Crippen LogP contribution is 2.31.